The molecule has 2 aromatic heterocycles. The maximum absolute atomic E-state index is 12.9. The van der Waals surface area contributed by atoms with Crippen molar-refractivity contribution in [3.05, 3.63) is 59.2 Å². The molecule has 0 radical (unpaired) electrons. The highest BCUT2D eigenvalue weighted by Gasteiger charge is 2.36. The second kappa shape index (κ2) is 12.0. The number of rotatable bonds is 2. The highest BCUT2D eigenvalue weighted by Crippen LogP contribution is 2.34. The first-order valence-electron chi connectivity index (χ1n) is 15.4. The molecule has 4 heterocycles. The molecule has 0 unspecified atom stereocenters. The Labute approximate surface area is 267 Å². The van der Waals surface area contributed by atoms with Crippen LogP contribution in [0, 0.1) is 11.8 Å². The number of piperidine rings is 1. The molecular formula is C34H40N6O4S. The summed E-state index contributed by atoms with van der Waals surface area (Å²) < 4.78 is 11.3. The number of aromatic amines is 2. The molecule has 0 aliphatic carbocycles. The fourth-order valence-corrected chi connectivity index (χ4v) is 6.74. The normalized spacial score (nSPS) is 19.1. The van der Waals surface area contributed by atoms with Crippen molar-refractivity contribution in [1.29, 1.82) is 0 Å². The maximum Gasteiger partial charge on any atom is 0.411 e. The van der Waals surface area contributed by atoms with Crippen LogP contribution in [0.1, 0.15) is 95.7 Å². The van der Waals surface area contributed by atoms with E-state index in [9.17, 15) is 9.59 Å². The Morgan fingerprint density at radius 2 is 1.42 bits per heavy atom. The number of H-pyrrole nitrogens is 2. The number of amides is 2. The van der Waals surface area contributed by atoms with Crippen molar-refractivity contribution in [2.45, 2.75) is 84.1 Å². The summed E-state index contributed by atoms with van der Waals surface area (Å²) in [5.74, 6) is 9.37. The Balaban J connectivity index is 1.19. The van der Waals surface area contributed by atoms with Crippen molar-refractivity contribution >= 4 is 46.0 Å². The molecule has 0 spiro atoms. The summed E-state index contributed by atoms with van der Waals surface area (Å²) >= 11 is 1.68. The molecule has 2 amide bonds. The second-order valence-corrected chi connectivity index (χ2v) is 14.6. The van der Waals surface area contributed by atoms with E-state index < -0.39 is 11.2 Å². The first-order valence-corrected chi connectivity index (χ1v) is 16.6. The van der Waals surface area contributed by atoms with Crippen LogP contribution in [0.3, 0.4) is 0 Å². The third-order valence-corrected chi connectivity index (χ3v) is 8.64. The molecule has 2 aromatic carbocycles. The van der Waals surface area contributed by atoms with Gasteiger partial charge in [0.05, 0.1) is 34.0 Å². The molecule has 2 saturated heterocycles. The molecule has 2 atom stereocenters. The van der Waals surface area contributed by atoms with Gasteiger partial charge in [0.2, 0.25) is 0 Å². The molecule has 0 bridgehead atoms. The maximum atomic E-state index is 12.9. The summed E-state index contributed by atoms with van der Waals surface area (Å²) in [5, 5.41) is 0. The van der Waals surface area contributed by atoms with Gasteiger partial charge in [0.1, 0.15) is 28.9 Å². The summed E-state index contributed by atoms with van der Waals surface area (Å²) in [4.78, 5) is 45.8. The number of likely N-dealkylation sites (tertiary alicyclic amines) is 1. The molecule has 11 heteroatoms. The highest BCUT2D eigenvalue weighted by molar-refractivity contribution is 7.99. The number of aromatic nitrogens is 4. The van der Waals surface area contributed by atoms with E-state index in [1.54, 1.807) is 21.6 Å². The first kappa shape index (κ1) is 30.8. The fourth-order valence-electron chi connectivity index (χ4n) is 5.59. The molecule has 4 aromatic rings. The van der Waals surface area contributed by atoms with Crippen molar-refractivity contribution < 1.29 is 19.1 Å². The molecule has 45 heavy (non-hydrogen) atoms. The van der Waals surface area contributed by atoms with Gasteiger partial charge < -0.3 is 19.4 Å². The molecule has 2 fully saturated rings. The van der Waals surface area contributed by atoms with E-state index in [1.807, 2.05) is 77.9 Å². The second-order valence-electron chi connectivity index (χ2n) is 13.6. The topological polar surface area (TPSA) is 116 Å². The van der Waals surface area contributed by atoms with Gasteiger partial charge >= 0.3 is 12.2 Å². The number of ether oxygens (including phenoxy) is 2. The summed E-state index contributed by atoms with van der Waals surface area (Å²) in [6.07, 6.45) is 2.18. The summed E-state index contributed by atoms with van der Waals surface area (Å²) in [6, 6.07) is 11.5. The Hall–Kier alpha value is -4.17. The summed E-state index contributed by atoms with van der Waals surface area (Å²) in [6.45, 7) is 11.9. The first-order chi connectivity index (χ1) is 21.3. The zero-order valence-corrected chi connectivity index (χ0v) is 27.5. The largest absolute Gasteiger partial charge is 0.444 e. The minimum absolute atomic E-state index is 0.152. The predicted molar refractivity (Wildman–Crippen MR) is 176 cm³/mol. The third-order valence-electron chi connectivity index (χ3n) is 7.63. The van der Waals surface area contributed by atoms with E-state index in [2.05, 4.69) is 21.8 Å². The van der Waals surface area contributed by atoms with Crippen LogP contribution in [0.4, 0.5) is 9.59 Å². The van der Waals surface area contributed by atoms with Crippen molar-refractivity contribution in [2.75, 3.05) is 18.2 Å². The zero-order valence-electron chi connectivity index (χ0n) is 26.7. The van der Waals surface area contributed by atoms with E-state index >= 15 is 0 Å². The molecule has 6 rings (SSSR count). The van der Waals surface area contributed by atoms with Crippen molar-refractivity contribution in [3.8, 4) is 11.8 Å². The number of hydrogen-bond acceptors (Lipinski definition) is 7. The molecule has 0 saturated carbocycles. The Morgan fingerprint density at radius 1 is 0.800 bits per heavy atom. The van der Waals surface area contributed by atoms with E-state index in [0.29, 0.717) is 12.4 Å². The molecule has 10 nitrogen and oxygen atoms in total. The third kappa shape index (κ3) is 7.06. The molecule has 2 aliphatic rings. The highest BCUT2D eigenvalue weighted by atomic mass is 32.2. The van der Waals surface area contributed by atoms with E-state index in [-0.39, 0.29) is 24.3 Å². The summed E-state index contributed by atoms with van der Waals surface area (Å²) in [7, 11) is 0. The summed E-state index contributed by atoms with van der Waals surface area (Å²) in [5.41, 5.74) is 3.99. The Morgan fingerprint density at radius 3 is 2.16 bits per heavy atom. The average molecular weight is 629 g/mol. The van der Waals surface area contributed by atoms with E-state index in [1.165, 1.54) is 0 Å². The van der Waals surface area contributed by atoms with Crippen LogP contribution in [-0.4, -0.2) is 71.3 Å². The lowest BCUT2D eigenvalue weighted by Crippen LogP contribution is -2.42. The number of carbonyl (C=O) groups is 2. The van der Waals surface area contributed by atoms with Gasteiger partial charge in [-0.1, -0.05) is 11.8 Å². The van der Waals surface area contributed by atoms with Crippen LogP contribution in [0.2, 0.25) is 0 Å². The van der Waals surface area contributed by atoms with Crippen LogP contribution in [0.5, 0.6) is 0 Å². The van der Waals surface area contributed by atoms with Crippen LogP contribution in [-0.2, 0) is 9.47 Å². The number of thioether (sulfide) groups is 1. The number of benzene rings is 2. The van der Waals surface area contributed by atoms with Crippen LogP contribution in [0.25, 0.3) is 22.1 Å². The number of imidazole rings is 2. The van der Waals surface area contributed by atoms with Gasteiger partial charge in [-0.25, -0.2) is 19.6 Å². The average Bonchev–Trinajstić information content (AvgIpc) is 3.71. The number of fused-ring (bicyclic) bond motifs is 2. The van der Waals surface area contributed by atoms with Crippen LogP contribution in [0.15, 0.2) is 36.4 Å². The molecule has 236 valence electrons. The number of hydrogen-bond donors (Lipinski definition) is 2. The van der Waals surface area contributed by atoms with Crippen molar-refractivity contribution in [1.82, 2.24) is 29.7 Å². The van der Waals surface area contributed by atoms with Crippen LogP contribution >= 0.6 is 11.8 Å². The zero-order chi connectivity index (χ0) is 31.9. The van der Waals surface area contributed by atoms with Gasteiger partial charge in [0.25, 0.3) is 0 Å². The smallest absolute Gasteiger partial charge is 0.411 e. The van der Waals surface area contributed by atoms with Gasteiger partial charge in [-0.3, -0.25) is 9.80 Å². The van der Waals surface area contributed by atoms with Gasteiger partial charge in [-0.05, 0) is 97.2 Å². The Kier molecular flexibility index (Phi) is 8.20. The van der Waals surface area contributed by atoms with Gasteiger partial charge in [0, 0.05) is 23.4 Å². The lowest BCUT2D eigenvalue weighted by Gasteiger charge is -2.35. The predicted octanol–water partition coefficient (Wildman–Crippen LogP) is 7.28. The van der Waals surface area contributed by atoms with Gasteiger partial charge in [-0.2, -0.15) is 0 Å². The standard InChI is InChI=1S/C34H40N6O4S/c1-33(2,3)43-31(41)39-16-8-7-9-27(39)29-35-23-14-12-21(17-25(23)37-29)10-11-22-13-15-24-26(18-22)38-30(36-24)28-19-45-20-40(28)32(42)44-34(4,5)6/h12-15,17-18,27-28H,7-9,16,19-20H2,1-6H3,(H,35,37)(H,36,38)/t27-,28-/m0/s1. The van der Waals surface area contributed by atoms with Gasteiger partial charge in [-0.15, -0.1) is 11.8 Å². The minimum Gasteiger partial charge on any atom is -0.444 e. The number of nitrogens with one attached hydrogen (secondary N) is 2. The van der Waals surface area contributed by atoms with Crippen LogP contribution < -0.4 is 0 Å². The molecule has 2 N–H and O–H groups in total. The fraction of sp³-hybridized carbons (Fsp3) is 0.471. The SMILES string of the molecule is CC(C)(C)OC(=O)N1CCCC[C@H]1c1nc2cc(C#Cc3ccc4nc([C@@H]5CSCN5C(=O)OC(C)(C)C)[nH]c4c3)ccc2[nH]1. The lowest BCUT2D eigenvalue weighted by molar-refractivity contribution is 0.00850. The minimum atomic E-state index is -0.557. The van der Waals surface area contributed by atoms with Gasteiger partial charge in [0.15, 0.2) is 0 Å². The molecule has 2 aliphatic heterocycles. The van der Waals surface area contributed by atoms with Crippen molar-refractivity contribution in [2.24, 2.45) is 0 Å². The number of carbonyl (C=O) groups excluding carboxylic acids is 2. The van der Waals surface area contributed by atoms with Crippen molar-refractivity contribution in [3.63, 3.8) is 0 Å². The van der Waals surface area contributed by atoms with E-state index in [0.717, 1.165) is 69.9 Å². The molecular weight excluding hydrogens is 588 g/mol. The Bertz CT molecular complexity index is 1800. The monoisotopic (exact) mass is 628 g/mol. The van der Waals surface area contributed by atoms with E-state index in [4.69, 9.17) is 19.4 Å². The quantitative estimate of drug-likeness (QED) is 0.224. The lowest BCUT2D eigenvalue weighted by atomic mass is 10.0. The number of nitrogens with zero attached hydrogens (tertiary/aromatic N) is 4.